The number of hydrogen-bond acceptors (Lipinski definition) is 4. The van der Waals surface area contributed by atoms with Crippen molar-refractivity contribution in [2.45, 2.75) is 20.0 Å². The van der Waals surface area contributed by atoms with Crippen molar-refractivity contribution in [3.63, 3.8) is 0 Å². The molecule has 1 heterocycles. The van der Waals surface area contributed by atoms with Gasteiger partial charge in [0.05, 0.1) is 0 Å². The van der Waals surface area contributed by atoms with Gasteiger partial charge >= 0.3 is 0 Å². The van der Waals surface area contributed by atoms with E-state index in [4.69, 9.17) is 10.5 Å². The van der Waals surface area contributed by atoms with E-state index in [1.807, 2.05) is 19.1 Å². The van der Waals surface area contributed by atoms with Crippen molar-refractivity contribution in [2.75, 3.05) is 5.73 Å². The summed E-state index contributed by atoms with van der Waals surface area (Å²) in [5, 5.41) is 6.85. The highest BCUT2D eigenvalue weighted by molar-refractivity contribution is 5.41. The van der Waals surface area contributed by atoms with Crippen LogP contribution in [0.4, 0.5) is 5.69 Å². The predicted octanol–water partition coefficient (Wildman–Crippen LogP) is 1.53. The molecule has 5 nitrogen and oxygen atoms in total. The molecule has 2 rings (SSSR count). The summed E-state index contributed by atoms with van der Waals surface area (Å²) in [6.45, 7) is 2.39. The fourth-order valence-corrected chi connectivity index (χ4v) is 1.27. The summed E-state index contributed by atoms with van der Waals surface area (Å²) in [5.41, 5.74) is 6.29. The van der Waals surface area contributed by atoms with E-state index >= 15 is 0 Å². The zero-order valence-electron chi connectivity index (χ0n) is 9.10. The molecule has 3 N–H and O–H groups in total. The highest BCUT2D eigenvalue weighted by Gasteiger charge is 2.01. The van der Waals surface area contributed by atoms with E-state index in [0.29, 0.717) is 6.61 Å². The lowest BCUT2D eigenvalue weighted by Crippen LogP contribution is -1.98. The fraction of sp³-hybridized carbons (Fsp3) is 0.273. The molecule has 84 valence electrons. The third kappa shape index (κ3) is 2.50. The molecule has 0 aliphatic rings. The van der Waals surface area contributed by atoms with Crippen LogP contribution in [0, 0.1) is 0 Å². The second-order valence-electron chi connectivity index (χ2n) is 3.41. The van der Waals surface area contributed by atoms with Gasteiger partial charge in [-0.2, -0.15) is 5.10 Å². The molecule has 1 aromatic heterocycles. The zero-order chi connectivity index (χ0) is 11.4. The Balaban J connectivity index is 1.94. The number of anilines is 1. The Morgan fingerprint density at radius 1 is 1.31 bits per heavy atom. The number of nitrogen functional groups attached to an aromatic ring is 1. The first-order valence-electron chi connectivity index (χ1n) is 5.16. The van der Waals surface area contributed by atoms with Crippen molar-refractivity contribution in [1.29, 1.82) is 0 Å². The maximum atomic E-state index is 5.57. The lowest BCUT2D eigenvalue weighted by atomic mass is 10.3. The average molecular weight is 218 g/mol. The van der Waals surface area contributed by atoms with Crippen LogP contribution < -0.4 is 10.5 Å². The van der Waals surface area contributed by atoms with Gasteiger partial charge in [0, 0.05) is 12.1 Å². The van der Waals surface area contributed by atoms with Crippen molar-refractivity contribution in [1.82, 2.24) is 15.2 Å². The Bertz CT molecular complexity index is 449. The Labute approximate surface area is 93.7 Å². The van der Waals surface area contributed by atoms with Crippen LogP contribution in [-0.4, -0.2) is 15.2 Å². The summed E-state index contributed by atoms with van der Waals surface area (Å²) in [7, 11) is 0. The molecule has 0 atom stereocenters. The molecule has 16 heavy (non-hydrogen) atoms. The number of nitrogens with two attached hydrogens (primary N) is 1. The maximum absolute atomic E-state index is 5.57. The molecule has 5 heteroatoms. The third-order valence-corrected chi connectivity index (χ3v) is 2.15. The van der Waals surface area contributed by atoms with Crippen molar-refractivity contribution in [3.05, 3.63) is 35.9 Å². The topological polar surface area (TPSA) is 76.8 Å². The number of aromatic nitrogens is 3. The smallest absolute Gasteiger partial charge is 0.162 e. The normalized spacial score (nSPS) is 10.3. The Hall–Kier alpha value is -2.04. The van der Waals surface area contributed by atoms with Gasteiger partial charge in [-0.05, 0) is 24.3 Å². The minimum atomic E-state index is 0.386. The molecule has 1 aromatic carbocycles. The standard InChI is InChI=1S/C11H14N4O/c1-2-10-13-11(15-14-10)7-16-9-5-3-8(12)4-6-9/h3-6H,2,7,12H2,1H3,(H,13,14,15). The number of aromatic amines is 1. The van der Waals surface area contributed by atoms with E-state index in [0.717, 1.165) is 29.5 Å². The SMILES string of the molecule is CCc1n[nH]c(COc2ccc(N)cc2)n1. The molecule has 2 aromatic rings. The molecule has 0 spiro atoms. The molecule has 0 saturated carbocycles. The Kier molecular flexibility index (Phi) is 3.05. The highest BCUT2D eigenvalue weighted by atomic mass is 16.5. The lowest BCUT2D eigenvalue weighted by molar-refractivity contribution is 0.296. The molecule has 0 radical (unpaired) electrons. The first-order chi connectivity index (χ1) is 7.78. The van der Waals surface area contributed by atoms with Crippen LogP contribution in [0.25, 0.3) is 0 Å². The molecule has 0 amide bonds. The number of hydrogen-bond donors (Lipinski definition) is 2. The van der Waals surface area contributed by atoms with E-state index in [9.17, 15) is 0 Å². The summed E-state index contributed by atoms with van der Waals surface area (Å²) in [6, 6.07) is 7.25. The second kappa shape index (κ2) is 4.65. The number of nitrogens with one attached hydrogen (secondary N) is 1. The molecule has 0 aliphatic carbocycles. The van der Waals surface area contributed by atoms with Crippen LogP contribution in [0.5, 0.6) is 5.75 Å². The molecule has 0 bridgehead atoms. The van der Waals surface area contributed by atoms with E-state index in [2.05, 4.69) is 15.2 Å². The average Bonchev–Trinajstić information content (AvgIpc) is 2.76. The third-order valence-electron chi connectivity index (χ3n) is 2.15. The molecule has 0 unspecified atom stereocenters. The van der Waals surface area contributed by atoms with Crippen LogP contribution in [-0.2, 0) is 13.0 Å². The first kappa shape index (κ1) is 10.5. The maximum Gasteiger partial charge on any atom is 0.162 e. The van der Waals surface area contributed by atoms with Gasteiger partial charge in [-0.15, -0.1) is 0 Å². The Morgan fingerprint density at radius 2 is 2.06 bits per heavy atom. The quantitative estimate of drug-likeness (QED) is 0.763. The minimum Gasteiger partial charge on any atom is -0.486 e. The number of aryl methyl sites for hydroxylation is 1. The Morgan fingerprint density at radius 3 is 2.69 bits per heavy atom. The summed E-state index contributed by atoms with van der Waals surface area (Å²) >= 11 is 0. The van der Waals surface area contributed by atoms with E-state index in [1.165, 1.54) is 0 Å². The van der Waals surface area contributed by atoms with Gasteiger partial charge in [0.1, 0.15) is 12.4 Å². The van der Waals surface area contributed by atoms with Crippen LogP contribution >= 0.6 is 0 Å². The first-order valence-corrected chi connectivity index (χ1v) is 5.16. The van der Waals surface area contributed by atoms with Crippen molar-refractivity contribution in [3.8, 4) is 5.75 Å². The van der Waals surface area contributed by atoms with Crippen LogP contribution in [0.15, 0.2) is 24.3 Å². The number of H-pyrrole nitrogens is 1. The summed E-state index contributed by atoms with van der Waals surface area (Å²) < 4.78 is 5.52. The fourth-order valence-electron chi connectivity index (χ4n) is 1.27. The van der Waals surface area contributed by atoms with Gasteiger partial charge in [0.2, 0.25) is 0 Å². The van der Waals surface area contributed by atoms with Gasteiger partial charge in [-0.25, -0.2) is 4.98 Å². The summed E-state index contributed by atoms with van der Waals surface area (Å²) in [4.78, 5) is 4.24. The largest absolute Gasteiger partial charge is 0.486 e. The summed E-state index contributed by atoms with van der Waals surface area (Å²) in [5.74, 6) is 2.30. The molecular weight excluding hydrogens is 204 g/mol. The molecule has 0 fully saturated rings. The van der Waals surface area contributed by atoms with Crippen molar-refractivity contribution < 1.29 is 4.74 Å². The zero-order valence-corrected chi connectivity index (χ0v) is 9.10. The number of ether oxygens (including phenoxy) is 1. The van der Waals surface area contributed by atoms with Gasteiger partial charge in [-0.3, -0.25) is 5.10 Å². The monoisotopic (exact) mass is 218 g/mol. The molecular formula is C11H14N4O. The molecule has 0 aliphatic heterocycles. The van der Waals surface area contributed by atoms with E-state index < -0.39 is 0 Å². The van der Waals surface area contributed by atoms with Crippen LogP contribution in [0.3, 0.4) is 0 Å². The minimum absolute atomic E-state index is 0.386. The van der Waals surface area contributed by atoms with Gasteiger partial charge in [0.15, 0.2) is 11.6 Å². The van der Waals surface area contributed by atoms with E-state index in [-0.39, 0.29) is 0 Å². The molecule has 0 saturated heterocycles. The highest BCUT2D eigenvalue weighted by Crippen LogP contribution is 2.14. The van der Waals surface area contributed by atoms with E-state index in [1.54, 1.807) is 12.1 Å². The number of nitrogens with zero attached hydrogens (tertiary/aromatic N) is 2. The van der Waals surface area contributed by atoms with Gasteiger partial charge in [0.25, 0.3) is 0 Å². The van der Waals surface area contributed by atoms with Crippen LogP contribution in [0.2, 0.25) is 0 Å². The van der Waals surface area contributed by atoms with Crippen molar-refractivity contribution >= 4 is 5.69 Å². The second-order valence-corrected chi connectivity index (χ2v) is 3.41. The number of benzene rings is 1. The lowest BCUT2D eigenvalue weighted by Gasteiger charge is -2.03. The number of rotatable bonds is 4. The van der Waals surface area contributed by atoms with Gasteiger partial charge in [-0.1, -0.05) is 6.92 Å². The summed E-state index contributed by atoms with van der Waals surface area (Å²) in [6.07, 6.45) is 0.818. The van der Waals surface area contributed by atoms with Gasteiger partial charge < -0.3 is 10.5 Å². The predicted molar refractivity (Wildman–Crippen MR) is 60.9 cm³/mol. The van der Waals surface area contributed by atoms with Crippen LogP contribution in [0.1, 0.15) is 18.6 Å². The van der Waals surface area contributed by atoms with Crippen molar-refractivity contribution in [2.24, 2.45) is 0 Å².